The maximum Gasteiger partial charge on any atom is 0.255 e. The minimum Gasteiger partial charge on any atom is -0.343 e. The van der Waals surface area contributed by atoms with Gasteiger partial charge >= 0.3 is 0 Å². The Balaban J connectivity index is 1.64. The van der Waals surface area contributed by atoms with Crippen molar-refractivity contribution in [2.45, 2.75) is 13.8 Å². The van der Waals surface area contributed by atoms with Crippen LogP contribution in [-0.2, 0) is 4.79 Å². The maximum atomic E-state index is 14.0. The van der Waals surface area contributed by atoms with E-state index in [2.05, 4.69) is 31.7 Å². The monoisotopic (exact) mass is 444 g/mol. The molecule has 0 spiro atoms. The standard InChI is InChI=1S/C20H18BrFN4O2/c1-12-9-14(7-8-16(12)21)25-19(27)11-23-20(28)15-10-24-26(13(15)2)18-6-4-3-5-17(18)22/h3-10H,11H2,1-2H3,(H,23,28)(H,25,27). The van der Waals surface area contributed by atoms with Crippen LogP contribution in [0.25, 0.3) is 5.69 Å². The molecule has 6 nitrogen and oxygen atoms in total. The maximum absolute atomic E-state index is 14.0. The summed E-state index contributed by atoms with van der Waals surface area (Å²) < 4.78 is 16.3. The van der Waals surface area contributed by atoms with E-state index in [0.717, 1.165) is 10.0 Å². The van der Waals surface area contributed by atoms with Gasteiger partial charge in [0, 0.05) is 10.2 Å². The Kier molecular flexibility index (Phi) is 5.89. The molecule has 0 aliphatic heterocycles. The third-order valence-electron chi connectivity index (χ3n) is 4.19. The highest BCUT2D eigenvalue weighted by Crippen LogP contribution is 2.20. The number of aryl methyl sites for hydroxylation is 1. The molecule has 0 radical (unpaired) electrons. The number of anilines is 1. The van der Waals surface area contributed by atoms with Gasteiger partial charge in [0.25, 0.3) is 5.91 Å². The summed E-state index contributed by atoms with van der Waals surface area (Å²) in [7, 11) is 0. The number of halogens is 2. The van der Waals surface area contributed by atoms with Crippen LogP contribution in [0.2, 0.25) is 0 Å². The van der Waals surface area contributed by atoms with Gasteiger partial charge in [0.1, 0.15) is 11.5 Å². The Morgan fingerprint density at radius 1 is 1.18 bits per heavy atom. The van der Waals surface area contributed by atoms with Crippen molar-refractivity contribution in [3.05, 3.63) is 75.8 Å². The summed E-state index contributed by atoms with van der Waals surface area (Å²) in [6.07, 6.45) is 1.35. The van der Waals surface area contributed by atoms with E-state index in [0.29, 0.717) is 11.4 Å². The number of aromatic nitrogens is 2. The van der Waals surface area contributed by atoms with Gasteiger partial charge in [0.2, 0.25) is 5.91 Å². The highest BCUT2D eigenvalue weighted by molar-refractivity contribution is 9.10. The topological polar surface area (TPSA) is 76.0 Å². The van der Waals surface area contributed by atoms with Crippen LogP contribution < -0.4 is 10.6 Å². The molecule has 2 N–H and O–H groups in total. The van der Waals surface area contributed by atoms with E-state index in [4.69, 9.17) is 0 Å². The van der Waals surface area contributed by atoms with Crippen LogP contribution in [-0.4, -0.2) is 28.1 Å². The van der Waals surface area contributed by atoms with Gasteiger partial charge < -0.3 is 10.6 Å². The summed E-state index contributed by atoms with van der Waals surface area (Å²) in [6.45, 7) is 3.38. The van der Waals surface area contributed by atoms with E-state index >= 15 is 0 Å². The third kappa shape index (κ3) is 4.28. The van der Waals surface area contributed by atoms with Crippen molar-refractivity contribution in [1.82, 2.24) is 15.1 Å². The van der Waals surface area contributed by atoms with E-state index in [1.54, 1.807) is 31.2 Å². The van der Waals surface area contributed by atoms with E-state index in [1.807, 2.05) is 19.1 Å². The highest BCUT2D eigenvalue weighted by atomic mass is 79.9. The molecular weight excluding hydrogens is 427 g/mol. The average molecular weight is 445 g/mol. The summed E-state index contributed by atoms with van der Waals surface area (Å²) in [4.78, 5) is 24.5. The first kappa shape index (κ1) is 19.8. The van der Waals surface area contributed by atoms with Gasteiger partial charge in [-0.1, -0.05) is 28.1 Å². The van der Waals surface area contributed by atoms with Crippen molar-refractivity contribution in [2.75, 3.05) is 11.9 Å². The molecule has 3 aromatic rings. The van der Waals surface area contributed by atoms with Crippen molar-refractivity contribution in [2.24, 2.45) is 0 Å². The van der Waals surface area contributed by atoms with Crippen LogP contribution >= 0.6 is 15.9 Å². The second kappa shape index (κ2) is 8.35. The lowest BCUT2D eigenvalue weighted by atomic mass is 10.2. The number of rotatable bonds is 5. The molecule has 28 heavy (non-hydrogen) atoms. The fourth-order valence-electron chi connectivity index (χ4n) is 2.68. The van der Waals surface area contributed by atoms with Crippen LogP contribution in [0.15, 0.2) is 53.1 Å². The predicted octanol–water partition coefficient (Wildman–Crippen LogP) is 3.76. The largest absolute Gasteiger partial charge is 0.343 e. The first-order valence-corrected chi connectivity index (χ1v) is 9.30. The molecule has 0 fully saturated rings. The van der Waals surface area contributed by atoms with Crippen LogP contribution in [0.1, 0.15) is 21.6 Å². The van der Waals surface area contributed by atoms with Gasteiger partial charge in [0.15, 0.2) is 0 Å². The Hall–Kier alpha value is -3.00. The number of hydrogen-bond donors (Lipinski definition) is 2. The molecular formula is C20H18BrFN4O2. The number of carbonyl (C=O) groups is 2. The molecule has 1 heterocycles. The number of hydrogen-bond acceptors (Lipinski definition) is 3. The smallest absolute Gasteiger partial charge is 0.255 e. The van der Waals surface area contributed by atoms with Crippen LogP contribution in [0.5, 0.6) is 0 Å². The number of nitrogens with zero attached hydrogens (tertiary/aromatic N) is 2. The van der Waals surface area contributed by atoms with Crippen molar-refractivity contribution < 1.29 is 14.0 Å². The number of carbonyl (C=O) groups excluding carboxylic acids is 2. The molecule has 2 aromatic carbocycles. The zero-order valence-corrected chi connectivity index (χ0v) is 16.9. The van der Waals surface area contributed by atoms with Crippen LogP contribution in [0.3, 0.4) is 0 Å². The van der Waals surface area contributed by atoms with Crippen molar-refractivity contribution in [1.29, 1.82) is 0 Å². The molecule has 8 heteroatoms. The van der Waals surface area contributed by atoms with Gasteiger partial charge in [-0.15, -0.1) is 0 Å². The number of para-hydroxylation sites is 1. The van der Waals surface area contributed by atoms with E-state index in [9.17, 15) is 14.0 Å². The summed E-state index contributed by atoms with van der Waals surface area (Å²) in [5.74, 6) is -1.25. The van der Waals surface area contributed by atoms with E-state index in [1.165, 1.54) is 16.9 Å². The average Bonchev–Trinajstić information content (AvgIpc) is 3.04. The molecule has 0 saturated heterocycles. The molecule has 0 aliphatic carbocycles. The summed E-state index contributed by atoms with van der Waals surface area (Å²) in [5, 5.41) is 9.37. The first-order valence-electron chi connectivity index (χ1n) is 8.50. The van der Waals surface area contributed by atoms with Crippen molar-refractivity contribution >= 4 is 33.4 Å². The molecule has 0 unspecified atom stereocenters. The molecule has 3 rings (SSSR count). The van der Waals surface area contributed by atoms with Gasteiger partial charge in [-0.25, -0.2) is 9.07 Å². The molecule has 0 saturated carbocycles. The molecule has 0 atom stereocenters. The second-order valence-electron chi connectivity index (χ2n) is 6.20. The zero-order chi connectivity index (χ0) is 20.3. The molecule has 1 aromatic heterocycles. The van der Waals surface area contributed by atoms with Crippen LogP contribution in [0, 0.1) is 19.7 Å². The molecule has 0 aliphatic rings. The Labute approximate surface area is 169 Å². The van der Waals surface area contributed by atoms with Crippen LogP contribution in [0.4, 0.5) is 10.1 Å². The summed E-state index contributed by atoms with van der Waals surface area (Å²) in [5.41, 5.74) is 2.63. The number of nitrogens with one attached hydrogen (secondary N) is 2. The first-order chi connectivity index (χ1) is 13.4. The summed E-state index contributed by atoms with van der Waals surface area (Å²) >= 11 is 3.40. The lowest BCUT2D eigenvalue weighted by Gasteiger charge is -2.09. The Morgan fingerprint density at radius 2 is 1.93 bits per heavy atom. The normalized spacial score (nSPS) is 10.6. The minimum absolute atomic E-state index is 0.196. The van der Waals surface area contributed by atoms with Gasteiger partial charge in [-0.3, -0.25) is 9.59 Å². The number of benzene rings is 2. The third-order valence-corrected chi connectivity index (χ3v) is 5.08. The molecule has 0 bridgehead atoms. The fraction of sp³-hybridized carbons (Fsp3) is 0.150. The minimum atomic E-state index is -0.456. The highest BCUT2D eigenvalue weighted by Gasteiger charge is 2.17. The molecule has 144 valence electrons. The number of amides is 2. The summed E-state index contributed by atoms with van der Waals surface area (Å²) in [6, 6.07) is 11.6. The lowest BCUT2D eigenvalue weighted by Crippen LogP contribution is -2.33. The SMILES string of the molecule is Cc1cc(NC(=O)CNC(=O)c2cnn(-c3ccccc3F)c2C)ccc1Br. The van der Waals surface area contributed by atoms with Crippen molar-refractivity contribution in [3.8, 4) is 5.69 Å². The Bertz CT molecular complexity index is 1050. The van der Waals surface area contributed by atoms with Gasteiger partial charge in [-0.2, -0.15) is 5.10 Å². The van der Waals surface area contributed by atoms with E-state index in [-0.39, 0.29) is 23.7 Å². The Morgan fingerprint density at radius 3 is 2.64 bits per heavy atom. The fourth-order valence-corrected chi connectivity index (χ4v) is 2.93. The zero-order valence-electron chi connectivity index (χ0n) is 15.3. The second-order valence-corrected chi connectivity index (χ2v) is 7.06. The predicted molar refractivity (Wildman–Crippen MR) is 108 cm³/mol. The van der Waals surface area contributed by atoms with E-state index < -0.39 is 11.7 Å². The van der Waals surface area contributed by atoms with Gasteiger partial charge in [0.05, 0.1) is 24.0 Å². The lowest BCUT2D eigenvalue weighted by molar-refractivity contribution is -0.115. The quantitative estimate of drug-likeness (QED) is 0.628. The van der Waals surface area contributed by atoms with Crippen molar-refractivity contribution in [3.63, 3.8) is 0 Å². The van der Waals surface area contributed by atoms with Gasteiger partial charge in [-0.05, 0) is 49.7 Å². The molecule has 2 amide bonds.